The topological polar surface area (TPSA) is 48.3 Å². The van der Waals surface area contributed by atoms with Crippen molar-refractivity contribution in [3.05, 3.63) is 50.6 Å². The maximum Gasteiger partial charge on any atom is 0.347 e. The van der Waals surface area contributed by atoms with Gasteiger partial charge in [-0.15, -0.1) is 0 Å². The highest BCUT2D eigenvalue weighted by atomic mass is 79.9. The second kappa shape index (κ2) is 5.74. The van der Waals surface area contributed by atoms with E-state index in [-0.39, 0.29) is 0 Å². The molecule has 2 aromatic rings. The van der Waals surface area contributed by atoms with E-state index >= 15 is 0 Å². The smallest absolute Gasteiger partial charge is 0.347 e. The van der Waals surface area contributed by atoms with Crippen LogP contribution >= 0.6 is 15.9 Å². The van der Waals surface area contributed by atoms with E-state index in [2.05, 4.69) is 20.5 Å². The molecular weight excluding hydrogens is 370 g/mol. The Kier molecular flexibility index (Phi) is 4.00. The van der Waals surface area contributed by atoms with Gasteiger partial charge in [0.15, 0.2) is 0 Å². The van der Waals surface area contributed by atoms with Crippen LogP contribution in [0.15, 0.2) is 39.4 Å². The van der Waals surface area contributed by atoms with Crippen molar-refractivity contribution in [1.29, 1.82) is 0 Å². The lowest BCUT2D eigenvalue weighted by Crippen LogP contribution is -2.01. The lowest BCUT2D eigenvalue weighted by atomic mass is 9.93. The van der Waals surface area contributed by atoms with Gasteiger partial charge in [0.05, 0.1) is 11.1 Å². The van der Waals surface area contributed by atoms with Gasteiger partial charge in [-0.1, -0.05) is 27.6 Å². The molecule has 2 heterocycles. The Labute approximate surface area is 148 Å². The van der Waals surface area contributed by atoms with E-state index in [1.807, 2.05) is 52.9 Å². The molecule has 4 nitrogen and oxygen atoms in total. The van der Waals surface area contributed by atoms with E-state index < -0.39 is 11.9 Å². The molecule has 24 heavy (non-hydrogen) atoms. The summed E-state index contributed by atoms with van der Waals surface area (Å²) in [5.74, 6) is -1.13. The lowest BCUT2D eigenvalue weighted by molar-refractivity contribution is -0.149. The molecule has 0 amide bonds. The zero-order chi connectivity index (χ0) is 17.8. The number of hydrogen-bond acceptors (Lipinski definition) is 3. The standard InChI is InChI=1S/C19H18BrNO3/c1-9(2)15-17(19(23)24-18(15)22)10(3)16-11(4)21(5)14-8-12(20)6-7-13(14)16/h6-8H,1-5H3/b17-10-. The van der Waals surface area contributed by atoms with Gasteiger partial charge in [0.2, 0.25) is 0 Å². The number of aryl methyl sites for hydroxylation is 1. The SMILES string of the molecule is CC(C)=C1C(=O)OC(=O)/C1=C(/C)c1c(C)n(C)c2cc(Br)ccc12. The number of benzene rings is 1. The van der Waals surface area contributed by atoms with Gasteiger partial charge in [0, 0.05) is 33.7 Å². The molecule has 1 aromatic heterocycles. The highest BCUT2D eigenvalue weighted by Crippen LogP contribution is 2.38. The molecule has 5 heteroatoms. The molecule has 1 aromatic carbocycles. The van der Waals surface area contributed by atoms with Gasteiger partial charge in [0.1, 0.15) is 0 Å². The number of halogens is 1. The number of carbonyl (C=O) groups excluding carboxylic acids is 2. The Morgan fingerprint density at radius 1 is 1.08 bits per heavy atom. The predicted octanol–water partition coefficient (Wildman–Crippen LogP) is 4.44. The Bertz CT molecular complexity index is 972. The third-order valence-electron chi connectivity index (χ3n) is 4.55. The van der Waals surface area contributed by atoms with Crippen molar-refractivity contribution in [3.63, 3.8) is 0 Å². The van der Waals surface area contributed by atoms with Crippen molar-refractivity contribution in [3.8, 4) is 0 Å². The van der Waals surface area contributed by atoms with Crippen LogP contribution in [0.5, 0.6) is 0 Å². The summed E-state index contributed by atoms with van der Waals surface area (Å²) in [5, 5.41) is 1.04. The predicted molar refractivity (Wildman–Crippen MR) is 97.4 cm³/mol. The van der Waals surface area contributed by atoms with Crippen molar-refractivity contribution in [2.24, 2.45) is 7.05 Å². The Hall–Kier alpha value is -2.14. The number of nitrogens with zero attached hydrogens (tertiary/aromatic N) is 1. The average Bonchev–Trinajstić information content (AvgIpc) is 2.93. The molecule has 1 aliphatic rings. The Morgan fingerprint density at radius 2 is 1.71 bits per heavy atom. The van der Waals surface area contributed by atoms with Crippen molar-refractivity contribution in [1.82, 2.24) is 4.57 Å². The van der Waals surface area contributed by atoms with Crippen LogP contribution in [0.1, 0.15) is 32.0 Å². The third kappa shape index (κ3) is 2.35. The third-order valence-corrected chi connectivity index (χ3v) is 5.04. The normalized spacial score (nSPS) is 16.8. The molecule has 0 unspecified atom stereocenters. The molecule has 124 valence electrons. The van der Waals surface area contributed by atoms with E-state index in [0.29, 0.717) is 11.1 Å². The quantitative estimate of drug-likeness (QED) is 0.412. The van der Waals surface area contributed by atoms with Gasteiger partial charge >= 0.3 is 11.9 Å². The minimum Gasteiger partial charge on any atom is -0.386 e. The molecule has 1 fully saturated rings. The number of rotatable bonds is 1. The average molecular weight is 388 g/mol. The molecule has 0 N–H and O–H groups in total. The fourth-order valence-corrected chi connectivity index (χ4v) is 3.67. The van der Waals surface area contributed by atoms with Crippen LogP contribution in [-0.4, -0.2) is 16.5 Å². The lowest BCUT2D eigenvalue weighted by Gasteiger charge is -2.07. The van der Waals surface area contributed by atoms with Crippen LogP contribution in [-0.2, 0) is 21.4 Å². The fraction of sp³-hybridized carbons (Fsp3) is 0.263. The number of carbonyl (C=O) groups is 2. The molecule has 1 aliphatic heterocycles. The number of fused-ring (bicyclic) bond motifs is 1. The number of ether oxygens (including phenoxy) is 1. The van der Waals surface area contributed by atoms with E-state index in [9.17, 15) is 9.59 Å². The van der Waals surface area contributed by atoms with Gasteiger partial charge < -0.3 is 9.30 Å². The van der Waals surface area contributed by atoms with Crippen molar-refractivity contribution in [2.75, 3.05) is 0 Å². The van der Waals surface area contributed by atoms with Crippen molar-refractivity contribution >= 4 is 44.3 Å². The van der Waals surface area contributed by atoms with Crippen LogP contribution in [0.25, 0.3) is 16.5 Å². The van der Waals surface area contributed by atoms with Gasteiger partial charge in [-0.3, -0.25) is 0 Å². The van der Waals surface area contributed by atoms with Crippen LogP contribution in [0.2, 0.25) is 0 Å². The van der Waals surface area contributed by atoms with Crippen LogP contribution in [0.3, 0.4) is 0 Å². The minimum atomic E-state index is -0.567. The molecule has 0 saturated carbocycles. The largest absolute Gasteiger partial charge is 0.386 e. The number of esters is 2. The maximum atomic E-state index is 12.3. The second-order valence-corrected chi connectivity index (χ2v) is 7.15. The summed E-state index contributed by atoms with van der Waals surface area (Å²) >= 11 is 3.50. The van der Waals surface area contributed by atoms with E-state index in [1.165, 1.54) is 0 Å². The summed E-state index contributed by atoms with van der Waals surface area (Å²) in [6.07, 6.45) is 0. The highest BCUT2D eigenvalue weighted by molar-refractivity contribution is 9.10. The zero-order valence-corrected chi connectivity index (χ0v) is 15.9. The van der Waals surface area contributed by atoms with Crippen molar-refractivity contribution in [2.45, 2.75) is 27.7 Å². The fourth-order valence-electron chi connectivity index (χ4n) is 3.32. The molecule has 0 radical (unpaired) electrons. The summed E-state index contributed by atoms with van der Waals surface area (Å²) in [5.41, 5.74) is 5.37. The number of hydrogen-bond donors (Lipinski definition) is 0. The number of cyclic esters (lactones) is 2. The second-order valence-electron chi connectivity index (χ2n) is 6.23. The zero-order valence-electron chi connectivity index (χ0n) is 14.3. The van der Waals surface area contributed by atoms with Gasteiger partial charge in [-0.25, -0.2) is 9.59 Å². The monoisotopic (exact) mass is 387 g/mol. The van der Waals surface area contributed by atoms with Gasteiger partial charge in [0.25, 0.3) is 0 Å². The minimum absolute atomic E-state index is 0.374. The van der Waals surface area contributed by atoms with Crippen LogP contribution < -0.4 is 0 Å². The first-order valence-corrected chi connectivity index (χ1v) is 8.43. The first-order valence-electron chi connectivity index (χ1n) is 7.64. The van der Waals surface area contributed by atoms with Gasteiger partial charge in [-0.05, 0) is 45.4 Å². The molecule has 0 spiro atoms. The molecule has 1 saturated heterocycles. The number of aromatic nitrogens is 1. The molecule has 0 atom stereocenters. The van der Waals surface area contributed by atoms with E-state index in [4.69, 9.17) is 4.74 Å². The maximum absolute atomic E-state index is 12.3. The first kappa shape index (κ1) is 16.7. The van der Waals surface area contributed by atoms with Gasteiger partial charge in [-0.2, -0.15) is 0 Å². The Balaban J connectivity index is 2.39. The van der Waals surface area contributed by atoms with E-state index in [0.717, 1.165) is 37.8 Å². The van der Waals surface area contributed by atoms with Crippen LogP contribution in [0.4, 0.5) is 0 Å². The molecule has 0 aliphatic carbocycles. The summed E-state index contributed by atoms with van der Waals surface area (Å²) in [6.45, 7) is 7.52. The number of allylic oxidation sites excluding steroid dienone is 2. The van der Waals surface area contributed by atoms with Crippen LogP contribution in [0, 0.1) is 6.92 Å². The molecular formula is C19H18BrNO3. The summed E-state index contributed by atoms with van der Waals surface area (Å²) in [6, 6.07) is 6.04. The summed E-state index contributed by atoms with van der Waals surface area (Å²) in [4.78, 5) is 24.3. The van der Waals surface area contributed by atoms with Crippen molar-refractivity contribution < 1.29 is 14.3 Å². The first-order chi connectivity index (χ1) is 11.2. The summed E-state index contributed by atoms with van der Waals surface area (Å²) < 4.78 is 7.94. The Morgan fingerprint density at radius 3 is 2.33 bits per heavy atom. The highest BCUT2D eigenvalue weighted by Gasteiger charge is 2.36. The molecule has 0 bridgehead atoms. The molecule has 3 rings (SSSR count). The summed E-state index contributed by atoms with van der Waals surface area (Å²) in [7, 11) is 1.99. The van der Waals surface area contributed by atoms with E-state index in [1.54, 1.807) is 0 Å².